The standard InChI is InChI=1S/C23H26ClN3O4/c1-13-11-27(22(28)19-20(24)25-12-26-21(19)31-13)18-9-7-17(8-10-18)16-5-3-15(4-6-16)14(2)23(29)30/h7-10,12-16H,3-6,11H2,1-2H3,(H,29,30)/t13-,14?,15-,16-/m1/s1. The van der Waals surface area contributed by atoms with Gasteiger partial charge in [-0.05, 0) is 62.1 Å². The second-order valence-corrected chi connectivity index (χ2v) is 8.88. The number of halogens is 1. The van der Waals surface area contributed by atoms with Crippen LogP contribution in [0.15, 0.2) is 30.6 Å². The molecule has 7 nitrogen and oxygen atoms in total. The van der Waals surface area contributed by atoms with E-state index in [2.05, 4.69) is 22.1 Å². The molecular formula is C23H26ClN3O4. The fraction of sp³-hybridized carbons (Fsp3) is 0.478. The van der Waals surface area contributed by atoms with Crippen molar-refractivity contribution in [1.29, 1.82) is 0 Å². The molecule has 1 amide bonds. The minimum atomic E-state index is -0.708. The summed E-state index contributed by atoms with van der Waals surface area (Å²) in [5.41, 5.74) is 2.17. The van der Waals surface area contributed by atoms with Gasteiger partial charge in [0.1, 0.15) is 23.1 Å². The lowest BCUT2D eigenvalue weighted by Crippen LogP contribution is -2.36. The highest BCUT2D eigenvalue weighted by Crippen LogP contribution is 2.39. The summed E-state index contributed by atoms with van der Waals surface area (Å²) in [6.07, 6.45) is 4.86. The topological polar surface area (TPSA) is 92.6 Å². The number of benzene rings is 1. The summed E-state index contributed by atoms with van der Waals surface area (Å²) in [6, 6.07) is 8.03. The van der Waals surface area contributed by atoms with Gasteiger partial charge in [-0.2, -0.15) is 0 Å². The Morgan fingerprint density at radius 2 is 1.87 bits per heavy atom. The number of hydrogen-bond donors (Lipinski definition) is 1. The van der Waals surface area contributed by atoms with E-state index in [1.165, 1.54) is 11.9 Å². The molecule has 8 heteroatoms. The molecule has 1 aliphatic carbocycles. The molecule has 31 heavy (non-hydrogen) atoms. The van der Waals surface area contributed by atoms with Crippen LogP contribution < -0.4 is 9.64 Å². The highest BCUT2D eigenvalue weighted by Gasteiger charge is 2.32. The first-order chi connectivity index (χ1) is 14.8. The van der Waals surface area contributed by atoms with E-state index in [4.69, 9.17) is 16.3 Å². The van der Waals surface area contributed by atoms with E-state index in [0.717, 1.165) is 31.4 Å². The van der Waals surface area contributed by atoms with Crippen molar-refractivity contribution in [3.63, 3.8) is 0 Å². The Hall–Kier alpha value is -2.67. The second kappa shape index (κ2) is 8.83. The number of fused-ring (bicyclic) bond motifs is 1. The average Bonchev–Trinajstić information content (AvgIpc) is 2.89. The summed E-state index contributed by atoms with van der Waals surface area (Å²) in [4.78, 5) is 34.1. The quantitative estimate of drug-likeness (QED) is 0.696. The fourth-order valence-corrected chi connectivity index (χ4v) is 4.83. The van der Waals surface area contributed by atoms with Gasteiger partial charge in [-0.1, -0.05) is 30.7 Å². The van der Waals surface area contributed by atoms with Crippen LogP contribution in [-0.2, 0) is 4.79 Å². The molecule has 0 bridgehead atoms. The molecule has 1 aromatic carbocycles. The van der Waals surface area contributed by atoms with Crippen molar-refractivity contribution in [1.82, 2.24) is 9.97 Å². The smallest absolute Gasteiger partial charge is 0.306 e. The summed E-state index contributed by atoms with van der Waals surface area (Å²) in [6.45, 7) is 4.07. The molecule has 2 aromatic rings. The first-order valence-corrected chi connectivity index (χ1v) is 11.0. The number of rotatable bonds is 4. The first-order valence-electron chi connectivity index (χ1n) is 10.7. The van der Waals surface area contributed by atoms with Crippen LogP contribution in [0.2, 0.25) is 5.15 Å². The molecule has 2 atom stereocenters. The molecule has 4 rings (SSSR count). The summed E-state index contributed by atoms with van der Waals surface area (Å²) in [7, 11) is 0. The van der Waals surface area contributed by atoms with Gasteiger partial charge in [0, 0.05) is 5.69 Å². The SMILES string of the molecule is CC(C(=O)O)[C@H]1CC[C@H](c2ccc(N3C[C@@H](C)Oc4ncnc(Cl)c4C3=O)cc2)CC1. The molecular weight excluding hydrogens is 418 g/mol. The van der Waals surface area contributed by atoms with Crippen LogP contribution in [0.5, 0.6) is 5.88 Å². The van der Waals surface area contributed by atoms with Crippen LogP contribution in [0.4, 0.5) is 5.69 Å². The normalized spacial score (nSPS) is 24.7. The Morgan fingerprint density at radius 3 is 2.52 bits per heavy atom. The highest BCUT2D eigenvalue weighted by atomic mass is 35.5. The van der Waals surface area contributed by atoms with E-state index in [-0.39, 0.29) is 40.4 Å². The predicted molar refractivity (Wildman–Crippen MR) is 117 cm³/mol. The molecule has 2 heterocycles. The number of anilines is 1. The lowest BCUT2D eigenvalue weighted by molar-refractivity contribution is -0.143. The molecule has 1 aliphatic heterocycles. The number of carbonyl (C=O) groups excluding carboxylic acids is 1. The number of ether oxygens (including phenoxy) is 1. The van der Waals surface area contributed by atoms with Gasteiger partial charge < -0.3 is 14.7 Å². The number of nitrogens with zero attached hydrogens (tertiary/aromatic N) is 3. The Morgan fingerprint density at radius 1 is 1.19 bits per heavy atom. The summed E-state index contributed by atoms with van der Waals surface area (Å²) in [5.74, 6) is -0.404. The largest absolute Gasteiger partial charge is 0.481 e. The van der Waals surface area contributed by atoms with Crippen LogP contribution >= 0.6 is 11.6 Å². The minimum absolute atomic E-state index is 0.0815. The van der Waals surface area contributed by atoms with Crippen molar-refractivity contribution in [2.45, 2.75) is 51.6 Å². The molecule has 0 spiro atoms. The number of carboxylic acids is 1. The van der Waals surface area contributed by atoms with E-state index < -0.39 is 5.97 Å². The summed E-state index contributed by atoms with van der Waals surface area (Å²) >= 11 is 6.17. The third kappa shape index (κ3) is 4.37. The second-order valence-electron chi connectivity index (χ2n) is 8.52. The molecule has 1 unspecified atom stereocenters. The van der Waals surface area contributed by atoms with Crippen molar-refractivity contribution < 1.29 is 19.4 Å². The van der Waals surface area contributed by atoms with Gasteiger partial charge in [0.25, 0.3) is 5.91 Å². The minimum Gasteiger partial charge on any atom is -0.481 e. The van der Waals surface area contributed by atoms with Crippen LogP contribution in [0.3, 0.4) is 0 Å². The summed E-state index contributed by atoms with van der Waals surface area (Å²) in [5, 5.41) is 9.33. The van der Waals surface area contributed by atoms with Crippen molar-refractivity contribution in [2.24, 2.45) is 11.8 Å². The number of hydrogen-bond acceptors (Lipinski definition) is 5. The van der Waals surface area contributed by atoms with Crippen molar-refractivity contribution in [2.75, 3.05) is 11.4 Å². The van der Waals surface area contributed by atoms with Crippen LogP contribution in [0, 0.1) is 11.8 Å². The van der Waals surface area contributed by atoms with Crippen LogP contribution in [0.25, 0.3) is 0 Å². The van der Waals surface area contributed by atoms with E-state index >= 15 is 0 Å². The maximum atomic E-state index is 13.2. The molecule has 1 saturated carbocycles. The van der Waals surface area contributed by atoms with Crippen molar-refractivity contribution >= 4 is 29.2 Å². The highest BCUT2D eigenvalue weighted by molar-refractivity contribution is 6.33. The lowest BCUT2D eigenvalue weighted by atomic mass is 9.74. The fourth-order valence-electron chi connectivity index (χ4n) is 4.62. The molecule has 1 N–H and O–H groups in total. The molecule has 0 radical (unpaired) electrons. The van der Waals surface area contributed by atoms with Crippen LogP contribution in [-0.4, -0.2) is 39.6 Å². The van der Waals surface area contributed by atoms with Crippen LogP contribution in [0.1, 0.15) is 61.4 Å². The Kier molecular flexibility index (Phi) is 6.14. The van der Waals surface area contributed by atoms with Crippen molar-refractivity contribution in [3.05, 3.63) is 46.9 Å². The van der Waals surface area contributed by atoms with Gasteiger partial charge in [0.15, 0.2) is 0 Å². The Bertz CT molecular complexity index is 973. The monoisotopic (exact) mass is 443 g/mol. The first kappa shape index (κ1) is 21.6. The zero-order valence-electron chi connectivity index (χ0n) is 17.6. The predicted octanol–water partition coefficient (Wildman–Crippen LogP) is 4.55. The van der Waals surface area contributed by atoms with Crippen molar-refractivity contribution in [3.8, 4) is 5.88 Å². The molecule has 2 aliphatic rings. The van der Waals surface area contributed by atoms with Gasteiger partial charge >= 0.3 is 5.97 Å². The average molecular weight is 444 g/mol. The maximum Gasteiger partial charge on any atom is 0.306 e. The van der Waals surface area contributed by atoms with Gasteiger partial charge in [-0.25, -0.2) is 9.97 Å². The van der Waals surface area contributed by atoms with Gasteiger partial charge in [0.05, 0.1) is 12.5 Å². The van der Waals surface area contributed by atoms with Gasteiger partial charge in [-0.3, -0.25) is 9.59 Å². The molecule has 0 saturated heterocycles. The number of carbonyl (C=O) groups is 2. The lowest BCUT2D eigenvalue weighted by Gasteiger charge is -2.31. The van der Waals surface area contributed by atoms with E-state index in [1.807, 2.05) is 19.1 Å². The number of amides is 1. The number of carboxylic acid groups (broad SMARTS) is 1. The van der Waals surface area contributed by atoms with Gasteiger partial charge in [0.2, 0.25) is 5.88 Å². The Balaban J connectivity index is 1.50. The zero-order chi connectivity index (χ0) is 22.1. The number of aromatic nitrogens is 2. The third-order valence-electron chi connectivity index (χ3n) is 6.52. The third-order valence-corrected chi connectivity index (χ3v) is 6.81. The van der Waals surface area contributed by atoms with Gasteiger partial charge in [-0.15, -0.1) is 0 Å². The van der Waals surface area contributed by atoms with E-state index in [0.29, 0.717) is 12.5 Å². The number of aliphatic carboxylic acids is 1. The van der Waals surface area contributed by atoms with E-state index in [9.17, 15) is 14.7 Å². The Labute approximate surface area is 186 Å². The van der Waals surface area contributed by atoms with E-state index in [1.54, 1.807) is 11.8 Å². The molecule has 1 aromatic heterocycles. The zero-order valence-corrected chi connectivity index (χ0v) is 18.4. The maximum absolute atomic E-state index is 13.2. The molecule has 164 valence electrons. The summed E-state index contributed by atoms with van der Waals surface area (Å²) < 4.78 is 5.78. The molecule has 1 fully saturated rings.